The number of carbonyl (C=O) groups is 1. The second-order valence-electron chi connectivity index (χ2n) is 11.9. The van der Waals surface area contributed by atoms with E-state index in [1.165, 1.54) is 0 Å². The molecule has 1 heterocycles. The number of halogens is 1. The Morgan fingerprint density at radius 3 is 2.47 bits per heavy atom. The summed E-state index contributed by atoms with van der Waals surface area (Å²) in [6.45, 7) is 7.53. The summed E-state index contributed by atoms with van der Waals surface area (Å²) < 4.78 is 23.1. The molecule has 1 aliphatic heterocycles. The highest BCUT2D eigenvalue weighted by Gasteiger charge is 2.29. The molecule has 1 amide bonds. The number of hydrogen-bond acceptors (Lipinski definition) is 7. The first-order valence-corrected chi connectivity index (χ1v) is 17.0. The predicted octanol–water partition coefficient (Wildman–Crippen LogP) is 6.35. The van der Waals surface area contributed by atoms with Gasteiger partial charge >= 0.3 is 0 Å². The molecule has 1 fully saturated rings. The van der Waals surface area contributed by atoms with Gasteiger partial charge in [-0.05, 0) is 87.9 Å². The Hall–Kier alpha value is -2.79. The van der Waals surface area contributed by atoms with Gasteiger partial charge < -0.3 is 21.1 Å². The molecule has 3 aromatic rings. The maximum Gasteiger partial charge on any atom is 0.251 e. The summed E-state index contributed by atoms with van der Waals surface area (Å²) in [7, 11) is -2.96. The Kier molecular flexibility index (Phi) is 11.4. The Morgan fingerprint density at radius 2 is 1.77 bits per heavy atom. The number of anilines is 2. The fourth-order valence-electron chi connectivity index (χ4n) is 5.44. The summed E-state index contributed by atoms with van der Waals surface area (Å²) in [4.78, 5) is 13.8. The van der Waals surface area contributed by atoms with Gasteiger partial charge in [-0.15, -0.1) is 10.8 Å². The van der Waals surface area contributed by atoms with Gasteiger partial charge in [0.15, 0.2) is 0 Å². The second-order valence-corrected chi connectivity index (χ2v) is 14.4. The van der Waals surface area contributed by atoms with Crippen LogP contribution in [0.4, 0.5) is 11.4 Å². The number of β-amino-alcohol motifs (C(OH)–C–C–N with tert-alkyl or cyclic N) is 1. The van der Waals surface area contributed by atoms with Crippen molar-refractivity contribution in [2.45, 2.75) is 64.1 Å². The molecule has 0 aliphatic carbocycles. The van der Waals surface area contributed by atoms with Gasteiger partial charge in [-0.25, -0.2) is 0 Å². The van der Waals surface area contributed by atoms with Crippen LogP contribution in [-0.4, -0.2) is 63.2 Å². The molecule has 43 heavy (non-hydrogen) atoms. The van der Waals surface area contributed by atoms with Crippen molar-refractivity contribution in [2.75, 3.05) is 35.0 Å². The van der Waals surface area contributed by atoms with Crippen LogP contribution < -0.4 is 20.3 Å². The van der Waals surface area contributed by atoms with Gasteiger partial charge in [-0.2, -0.15) is 0 Å². The van der Waals surface area contributed by atoms with E-state index in [0.717, 1.165) is 29.7 Å². The van der Waals surface area contributed by atoms with Crippen LogP contribution in [0, 0.1) is 0 Å². The third kappa shape index (κ3) is 9.60. The number of carbonyl (C=O) groups excluding carboxylic acids is 1. The van der Waals surface area contributed by atoms with Gasteiger partial charge in [0.05, 0.1) is 23.6 Å². The molecular formula is C33H45ClN4O4S. The first-order valence-electron chi connectivity index (χ1n) is 14.9. The highest BCUT2D eigenvalue weighted by atomic mass is 35.5. The fourth-order valence-corrected chi connectivity index (χ4v) is 7.33. The monoisotopic (exact) mass is 628 g/mol. The topological polar surface area (TPSA) is 117 Å². The van der Waals surface area contributed by atoms with E-state index in [-0.39, 0.29) is 18.0 Å². The number of amides is 1. The van der Waals surface area contributed by atoms with Gasteiger partial charge in [0, 0.05) is 41.4 Å². The van der Waals surface area contributed by atoms with Crippen molar-refractivity contribution in [3.63, 3.8) is 0 Å². The first-order chi connectivity index (χ1) is 20.5. The molecule has 1 saturated heterocycles. The number of nitrogens with zero attached hydrogens (tertiary/aromatic N) is 1. The molecule has 234 valence electrons. The normalized spacial score (nSPS) is 17.1. The zero-order valence-electron chi connectivity index (χ0n) is 25.2. The van der Waals surface area contributed by atoms with E-state index < -0.39 is 22.9 Å². The van der Waals surface area contributed by atoms with Crippen molar-refractivity contribution in [2.24, 2.45) is 0 Å². The van der Waals surface area contributed by atoms with Gasteiger partial charge in [0.1, 0.15) is 0 Å². The molecule has 4 rings (SSSR count). The molecule has 2 atom stereocenters. The zero-order chi connectivity index (χ0) is 31.0. The van der Waals surface area contributed by atoms with Crippen LogP contribution in [0.25, 0.3) is 0 Å². The van der Waals surface area contributed by atoms with E-state index in [2.05, 4.69) is 29.8 Å². The van der Waals surface area contributed by atoms with E-state index in [1.54, 1.807) is 16.4 Å². The quantitative estimate of drug-likeness (QED) is 0.131. The maximum absolute atomic E-state index is 13.8. The third-order valence-corrected chi connectivity index (χ3v) is 9.81. The summed E-state index contributed by atoms with van der Waals surface area (Å²) in [5.41, 5.74) is 3.45. The van der Waals surface area contributed by atoms with Crippen molar-refractivity contribution in [3.8, 4) is 0 Å². The van der Waals surface area contributed by atoms with E-state index in [9.17, 15) is 19.0 Å². The number of benzene rings is 3. The predicted molar refractivity (Wildman–Crippen MR) is 180 cm³/mol. The Morgan fingerprint density at radius 1 is 1.02 bits per heavy atom. The molecule has 0 unspecified atom stereocenters. The number of nitrogens with one attached hydrogen (secondary N) is 3. The van der Waals surface area contributed by atoms with Crippen molar-refractivity contribution in [1.82, 2.24) is 10.6 Å². The molecule has 8 nitrogen and oxygen atoms in total. The smallest absolute Gasteiger partial charge is 0.251 e. The van der Waals surface area contributed by atoms with E-state index in [1.807, 2.05) is 67.6 Å². The van der Waals surface area contributed by atoms with Crippen molar-refractivity contribution in [1.29, 1.82) is 0 Å². The van der Waals surface area contributed by atoms with Gasteiger partial charge in [0.2, 0.25) is 0 Å². The van der Waals surface area contributed by atoms with E-state index in [0.29, 0.717) is 48.0 Å². The summed E-state index contributed by atoms with van der Waals surface area (Å²) >= 11 is 6.18. The number of aliphatic hydroxyl groups excluding tert-OH is 1. The number of hydrogen-bond donors (Lipinski definition) is 6. The molecule has 10 heteroatoms. The molecule has 0 saturated carbocycles. The van der Waals surface area contributed by atoms with Crippen LogP contribution in [-0.2, 0) is 12.8 Å². The minimum atomic E-state index is -2.96. The number of aliphatic hydroxyl groups is 1. The van der Waals surface area contributed by atoms with E-state index >= 15 is 0 Å². The van der Waals surface area contributed by atoms with Gasteiger partial charge in [-0.1, -0.05) is 54.1 Å². The Balaban J connectivity index is 1.53. The second kappa shape index (κ2) is 14.8. The van der Waals surface area contributed by atoms with Crippen LogP contribution in [0.1, 0.15) is 55.1 Å². The standard InChI is InChI=1S/C33H45ClN4O4S/c1-4-35-28-19-26(20-29(21-28)38-15-8-9-16-43(38,41)42)32(40)37-30(18-24-11-6-5-7-12-24)31(39)23-36-33(2,3)22-25-13-10-14-27(34)17-25/h5-7,10-14,17,19-21,30-31,35-36,39,41-42H,4,8-9,15-16,18,22-23H2,1-3H3,(H,37,40)/t30-,31-/m0/s1. The van der Waals surface area contributed by atoms with Gasteiger partial charge in [0.25, 0.3) is 5.91 Å². The molecule has 0 aromatic heterocycles. The van der Waals surface area contributed by atoms with Crippen LogP contribution in [0.15, 0.2) is 72.8 Å². The number of rotatable bonds is 13. The lowest BCUT2D eigenvalue weighted by atomic mass is 9.94. The van der Waals surface area contributed by atoms with Crippen LogP contribution in [0.5, 0.6) is 0 Å². The molecule has 0 radical (unpaired) electrons. The molecule has 0 bridgehead atoms. The lowest BCUT2D eigenvalue weighted by Gasteiger charge is -2.47. The third-order valence-electron chi connectivity index (χ3n) is 7.64. The van der Waals surface area contributed by atoms with Crippen molar-refractivity contribution >= 4 is 39.7 Å². The minimum Gasteiger partial charge on any atom is -0.390 e. The van der Waals surface area contributed by atoms with Crippen molar-refractivity contribution < 1.29 is 19.0 Å². The van der Waals surface area contributed by atoms with Crippen molar-refractivity contribution in [3.05, 3.63) is 94.5 Å². The highest BCUT2D eigenvalue weighted by Crippen LogP contribution is 2.50. The largest absolute Gasteiger partial charge is 0.390 e. The summed E-state index contributed by atoms with van der Waals surface area (Å²) in [6.07, 6.45) is 1.87. The Labute approximate surface area is 262 Å². The minimum absolute atomic E-state index is 0.267. The summed E-state index contributed by atoms with van der Waals surface area (Å²) in [5.74, 6) is -0.0287. The molecule has 3 aromatic carbocycles. The Bertz CT molecular complexity index is 1360. The zero-order valence-corrected chi connectivity index (χ0v) is 26.8. The fraction of sp³-hybridized carbons (Fsp3) is 0.424. The van der Waals surface area contributed by atoms with Crippen LogP contribution in [0.3, 0.4) is 0 Å². The maximum atomic E-state index is 13.8. The van der Waals surface area contributed by atoms with Crippen LogP contribution >= 0.6 is 22.4 Å². The van der Waals surface area contributed by atoms with Crippen LogP contribution in [0.2, 0.25) is 5.02 Å². The summed E-state index contributed by atoms with van der Waals surface area (Å²) in [6, 6.07) is 22.3. The highest BCUT2D eigenvalue weighted by molar-refractivity contribution is 8.25. The molecular weight excluding hydrogens is 584 g/mol. The lowest BCUT2D eigenvalue weighted by Crippen LogP contribution is -2.52. The average Bonchev–Trinajstić information content (AvgIpc) is 2.95. The van der Waals surface area contributed by atoms with E-state index in [4.69, 9.17) is 11.6 Å². The SMILES string of the molecule is CCNc1cc(C(=O)N[C@@H](Cc2ccccc2)[C@@H](O)CNC(C)(C)Cc2cccc(Cl)c2)cc(N2CCCCS2(O)O)c1. The summed E-state index contributed by atoms with van der Waals surface area (Å²) in [5, 5.41) is 21.9. The molecule has 1 aliphatic rings. The molecule has 6 N–H and O–H groups in total. The average molecular weight is 629 g/mol. The lowest BCUT2D eigenvalue weighted by molar-refractivity contribution is 0.0814. The first kappa shape index (κ1) is 33.1. The molecule has 0 spiro atoms. The van der Waals surface area contributed by atoms with Gasteiger partial charge in [-0.3, -0.25) is 18.2 Å².